The largest absolute Gasteiger partial charge is 0.490 e. The molecule has 0 amide bonds. The molecule has 21 heavy (non-hydrogen) atoms. The Morgan fingerprint density at radius 1 is 1.33 bits per heavy atom. The normalized spacial score (nSPS) is 24.6. The number of ether oxygens (including phenoxy) is 1. The summed E-state index contributed by atoms with van der Waals surface area (Å²) < 4.78 is 29.4. The highest BCUT2D eigenvalue weighted by Crippen LogP contribution is 2.29. The smallest absolute Gasteiger partial charge is 0.150 e. The number of nitrogens with two attached hydrogens (primary N) is 1. The highest BCUT2D eigenvalue weighted by molar-refractivity contribution is 7.91. The summed E-state index contributed by atoms with van der Waals surface area (Å²) in [5, 5.41) is -0.264. The van der Waals surface area contributed by atoms with Crippen LogP contribution < -0.4 is 10.5 Å². The SMILES string of the molecule is Cc1cc(C(C)N)ccc1OC1CCCC(S(C)(=O)=O)C1. The summed E-state index contributed by atoms with van der Waals surface area (Å²) in [5.41, 5.74) is 8.00. The maximum Gasteiger partial charge on any atom is 0.150 e. The van der Waals surface area contributed by atoms with Crippen molar-refractivity contribution in [1.29, 1.82) is 0 Å². The zero-order chi connectivity index (χ0) is 15.6. The third kappa shape index (κ3) is 4.20. The summed E-state index contributed by atoms with van der Waals surface area (Å²) in [5.74, 6) is 0.832. The molecule has 3 unspecified atom stereocenters. The molecule has 4 nitrogen and oxygen atoms in total. The van der Waals surface area contributed by atoms with E-state index in [1.807, 2.05) is 32.0 Å². The standard InChI is InChI=1S/C16H25NO3S/c1-11-9-13(12(2)17)7-8-16(11)20-14-5-4-6-15(10-14)21(3,18)19/h7-9,12,14-15H,4-6,10,17H2,1-3H3. The average Bonchev–Trinajstić information content (AvgIpc) is 2.40. The van der Waals surface area contributed by atoms with E-state index in [9.17, 15) is 8.42 Å². The Bertz CT molecular complexity index is 596. The van der Waals surface area contributed by atoms with Gasteiger partial charge in [0.15, 0.2) is 0 Å². The zero-order valence-corrected chi connectivity index (χ0v) is 13.8. The van der Waals surface area contributed by atoms with Crippen LogP contribution in [0.1, 0.15) is 49.8 Å². The number of sulfone groups is 1. The molecule has 1 saturated carbocycles. The van der Waals surface area contributed by atoms with E-state index in [0.717, 1.165) is 36.1 Å². The molecule has 0 spiro atoms. The van der Waals surface area contributed by atoms with Crippen molar-refractivity contribution < 1.29 is 13.2 Å². The van der Waals surface area contributed by atoms with Gasteiger partial charge >= 0.3 is 0 Å². The van der Waals surface area contributed by atoms with Crippen LogP contribution in [0.4, 0.5) is 0 Å². The van der Waals surface area contributed by atoms with Gasteiger partial charge in [0, 0.05) is 18.7 Å². The Morgan fingerprint density at radius 3 is 2.62 bits per heavy atom. The fourth-order valence-electron chi connectivity index (χ4n) is 2.87. The highest BCUT2D eigenvalue weighted by atomic mass is 32.2. The molecule has 2 N–H and O–H groups in total. The molecule has 1 aromatic carbocycles. The molecule has 1 aliphatic rings. The van der Waals surface area contributed by atoms with Crippen LogP contribution in [0.3, 0.4) is 0 Å². The maximum absolute atomic E-state index is 11.7. The van der Waals surface area contributed by atoms with Crippen LogP contribution in [-0.4, -0.2) is 26.0 Å². The number of aryl methyl sites for hydroxylation is 1. The molecule has 1 aromatic rings. The van der Waals surface area contributed by atoms with Gasteiger partial charge in [0.25, 0.3) is 0 Å². The van der Waals surface area contributed by atoms with Crippen molar-refractivity contribution >= 4 is 9.84 Å². The third-order valence-electron chi connectivity index (χ3n) is 4.20. The summed E-state index contributed by atoms with van der Waals surface area (Å²) >= 11 is 0. The number of benzene rings is 1. The van der Waals surface area contributed by atoms with Crippen LogP contribution in [0.5, 0.6) is 5.75 Å². The Hall–Kier alpha value is -1.07. The first-order valence-corrected chi connectivity index (χ1v) is 9.44. The van der Waals surface area contributed by atoms with Crippen LogP contribution in [-0.2, 0) is 9.84 Å². The van der Waals surface area contributed by atoms with Crippen LogP contribution in [0.15, 0.2) is 18.2 Å². The summed E-state index contributed by atoms with van der Waals surface area (Å²) in [6, 6.07) is 5.96. The molecule has 0 radical (unpaired) electrons. The van der Waals surface area contributed by atoms with Crippen LogP contribution >= 0.6 is 0 Å². The van der Waals surface area contributed by atoms with Gasteiger partial charge in [0.05, 0.1) is 11.4 Å². The average molecular weight is 311 g/mol. The predicted octanol–water partition coefficient (Wildman–Crippen LogP) is 2.75. The topological polar surface area (TPSA) is 69.4 Å². The Labute approximate surface area is 127 Å². The van der Waals surface area contributed by atoms with E-state index in [1.54, 1.807) is 0 Å². The Morgan fingerprint density at radius 2 is 2.05 bits per heavy atom. The number of hydrogen-bond donors (Lipinski definition) is 1. The zero-order valence-electron chi connectivity index (χ0n) is 13.0. The Balaban J connectivity index is 2.08. The summed E-state index contributed by atoms with van der Waals surface area (Å²) in [6.07, 6.45) is 4.47. The molecule has 1 aliphatic carbocycles. The second-order valence-electron chi connectivity index (χ2n) is 6.17. The van der Waals surface area contributed by atoms with E-state index in [4.69, 9.17) is 10.5 Å². The first-order chi connectivity index (χ1) is 9.77. The molecule has 1 fully saturated rings. The van der Waals surface area contributed by atoms with Crippen LogP contribution in [0.2, 0.25) is 0 Å². The molecular weight excluding hydrogens is 286 g/mol. The summed E-state index contributed by atoms with van der Waals surface area (Å²) in [7, 11) is -2.98. The predicted molar refractivity (Wildman–Crippen MR) is 85.3 cm³/mol. The van der Waals surface area contributed by atoms with Gasteiger partial charge in [-0.15, -0.1) is 0 Å². The van der Waals surface area contributed by atoms with Crippen molar-refractivity contribution in [1.82, 2.24) is 0 Å². The lowest BCUT2D eigenvalue weighted by atomic mass is 9.97. The van der Waals surface area contributed by atoms with E-state index in [0.29, 0.717) is 6.42 Å². The Kier molecular flexibility index (Phi) is 4.94. The minimum absolute atomic E-state index is 0.00189. The molecule has 0 bridgehead atoms. The van der Waals surface area contributed by atoms with E-state index < -0.39 is 9.84 Å². The second kappa shape index (κ2) is 6.36. The van der Waals surface area contributed by atoms with Crippen molar-refractivity contribution in [3.63, 3.8) is 0 Å². The lowest BCUT2D eigenvalue weighted by molar-refractivity contribution is 0.155. The van der Waals surface area contributed by atoms with E-state index >= 15 is 0 Å². The van der Waals surface area contributed by atoms with Crippen LogP contribution in [0.25, 0.3) is 0 Å². The molecule has 0 saturated heterocycles. The van der Waals surface area contributed by atoms with Gasteiger partial charge < -0.3 is 10.5 Å². The first kappa shape index (κ1) is 16.3. The summed E-state index contributed by atoms with van der Waals surface area (Å²) in [6.45, 7) is 3.95. The minimum atomic E-state index is -2.98. The second-order valence-corrected chi connectivity index (χ2v) is 8.50. The first-order valence-electron chi connectivity index (χ1n) is 7.49. The fourth-order valence-corrected chi connectivity index (χ4v) is 4.02. The molecule has 2 rings (SSSR count). The van der Waals surface area contributed by atoms with Crippen molar-refractivity contribution in [3.05, 3.63) is 29.3 Å². The van der Waals surface area contributed by atoms with Crippen LogP contribution in [0, 0.1) is 6.92 Å². The van der Waals surface area contributed by atoms with Gasteiger partial charge in [-0.25, -0.2) is 8.42 Å². The van der Waals surface area contributed by atoms with E-state index in [-0.39, 0.29) is 17.4 Å². The lowest BCUT2D eigenvalue weighted by Gasteiger charge is -2.29. The van der Waals surface area contributed by atoms with Crippen molar-refractivity contribution in [3.8, 4) is 5.75 Å². The molecule has 118 valence electrons. The monoisotopic (exact) mass is 311 g/mol. The van der Waals surface area contributed by atoms with Gasteiger partial charge in [-0.05, 0) is 50.3 Å². The lowest BCUT2D eigenvalue weighted by Crippen LogP contribution is -2.33. The third-order valence-corrected chi connectivity index (χ3v) is 5.84. The minimum Gasteiger partial charge on any atom is -0.490 e. The van der Waals surface area contributed by atoms with Crippen molar-refractivity contribution in [2.75, 3.05) is 6.26 Å². The molecule has 0 aromatic heterocycles. The van der Waals surface area contributed by atoms with Gasteiger partial charge in [0.1, 0.15) is 15.6 Å². The quantitative estimate of drug-likeness (QED) is 0.928. The molecule has 0 heterocycles. The maximum atomic E-state index is 11.7. The van der Waals surface area contributed by atoms with Gasteiger partial charge in [-0.3, -0.25) is 0 Å². The molecule has 5 heteroatoms. The van der Waals surface area contributed by atoms with E-state index in [1.165, 1.54) is 6.26 Å². The van der Waals surface area contributed by atoms with E-state index in [2.05, 4.69) is 0 Å². The van der Waals surface area contributed by atoms with Gasteiger partial charge in [-0.1, -0.05) is 12.1 Å². The number of rotatable bonds is 4. The molecular formula is C16H25NO3S. The van der Waals surface area contributed by atoms with Gasteiger partial charge in [0.2, 0.25) is 0 Å². The van der Waals surface area contributed by atoms with Crippen molar-refractivity contribution in [2.24, 2.45) is 5.73 Å². The van der Waals surface area contributed by atoms with Crippen molar-refractivity contribution in [2.45, 2.75) is 56.9 Å². The molecule has 0 aliphatic heterocycles. The fraction of sp³-hybridized carbons (Fsp3) is 0.625. The van der Waals surface area contributed by atoms with Gasteiger partial charge in [-0.2, -0.15) is 0 Å². The highest BCUT2D eigenvalue weighted by Gasteiger charge is 2.30. The number of hydrogen-bond acceptors (Lipinski definition) is 4. The summed E-state index contributed by atoms with van der Waals surface area (Å²) in [4.78, 5) is 0. The molecule has 3 atom stereocenters.